The number of nitro groups is 1. The van der Waals surface area contributed by atoms with E-state index >= 15 is 0 Å². The first kappa shape index (κ1) is 25.3. The number of hydrogen-bond donors (Lipinski definition) is 0. The van der Waals surface area contributed by atoms with Crippen molar-refractivity contribution in [1.82, 2.24) is 0 Å². The number of amides is 1. The topological polar surface area (TPSA) is 125 Å². The number of anilines is 1. The summed E-state index contributed by atoms with van der Waals surface area (Å²) in [6.45, 7) is 5.11. The molecule has 0 aromatic heterocycles. The Balaban J connectivity index is 1.95. The summed E-state index contributed by atoms with van der Waals surface area (Å²) < 4.78 is 15.7. The lowest BCUT2D eigenvalue weighted by atomic mass is 10.2. The van der Waals surface area contributed by atoms with Crippen LogP contribution in [0.25, 0.3) is 0 Å². The molecule has 33 heavy (non-hydrogen) atoms. The van der Waals surface area contributed by atoms with Gasteiger partial charge >= 0.3 is 18.0 Å². The molecular weight excluding hydrogens is 432 g/mol. The van der Waals surface area contributed by atoms with E-state index in [0.717, 1.165) is 0 Å². The highest BCUT2D eigenvalue weighted by atomic mass is 16.6. The number of nitro benzene ring substituents is 1. The number of carbonyl (C=O) groups excluding carboxylic acids is 3. The number of rotatable bonds is 8. The van der Waals surface area contributed by atoms with Crippen LogP contribution in [0.5, 0.6) is 5.75 Å². The molecular formula is C23H26N2O8. The Bertz CT molecular complexity index is 1010. The van der Waals surface area contributed by atoms with Crippen LogP contribution in [-0.4, -0.2) is 35.6 Å². The fraction of sp³-hybridized carbons (Fsp3) is 0.348. The van der Waals surface area contributed by atoms with Gasteiger partial charge in [-0.1, -0.05) is 18.2 Å². The standard InChI is InChI=1S/C23H26N2O8/c1-23(2,3)33-21(27)14-13-20(26)31-15-16-7-5-6-8-19(16)24(4)22(28)32-18-11-9-17(10-12-18)25(29)30/h5-12H,13-15H2,1-4H3. The third kappa shape index (κ3) is 8.24. The number of carbonyl (C=O) groups is 3. The van der Waals surface area contributed by atoms with Crippen LogP contribution in [0.15, 0.2) is 48.5 Å². The average molecular weight is 458 g/mol. The summed E-state index contributed by atoms with van der Waals surface area (Å²) in [6.07, 6.45) is -0.957. The molecule has 10 heteroatoms. The molecule has 2 rings (SSSR count). The molecule has 0 aliphatic carbocycles. The highest BCUT2D eigenvalue weighted by Gasteiger charge is 2.20. The normalized spacial score (nSPS) is 10.8. The quantitative estimate of drug-likeness (QED) is 0.324. The third-order valence-corrected chi connectivity index (χ3v) is 4.22. The molecule has 2 aromatic carbocycles. The first-order valence-electron chi connectivity index (χ1n) is 10.1. The molecule has 0 atom stereocenters. The maximum Gasteiger partial charge on any atom is 0.419 e. The van der Waals surface area contributed by atoms with Gasteiger partial charge in [0, 0.05) is 24.7 Å². The van der Waals surface area contributed by atoms with Gasteiger partial charge in [0.1, 0.15) is 18.0 Å². The molecule has 0 bridgehead atoms. The number of ether oxygens (including phenoxy) is 3. The van der Waals surface area contributed by atoms with Crippen LogP contribution in [0.3, 0.4) is 0 Å². The van der Waals surface area contributed by atoms with Crippen LogP contribution in [-0.2, 0) is 25.7 Å². The van der Waals surface area contributed by atoms with Gasteiger partial charge in [0.25, 0.3) is 5.69 Å². The van der Waals surface area contributed by atoms with E-state index in [1.165, 1.54) is 36.2 Å². The highest BCUT2D eigenvalue weighted by Crippen LogP contribution is 2.23. The summed E-state index contributed by atoms with van der Waals surface area (Å²) in [5.41, 5.74) is 0.241. The van der Waals surface area contributed by atoms with Crippen LogP contribution in [0.4, 0.5) is 16.2 Å². The largest absolute Gasteiger partial charge is 0.461 e. The van der Waals surface area contributed by atoms with Crippen LogP contribution >= 0.6 is 0 Å². The van der Waals surface area contributed by atoms with Gasteiger partial charge in [-0.05, 0) is 39.0 Å². The first-order valence-corrected chi connectivity index (χ1v) is 10.1. The molecule has 2 aromatic rings. The minimum Gasteiger partial charge on any atom is -0.461 e. The molecule has 0 saturated carbocycles. The van der Waals surface area contributed by atoms with Crippen LogP contribution in [0.2, 0.25) is 0 Å². The summed E-state index contributed by atoms with van der Waals surface area (Å²) in [4.78, 5) is 47.7. The van der Waals surface area contributed by atoms with Gasteiger partial charge in [-0.2, -0.15) is 0 Å². The van der Waals surface area contributed by atoms with Gasteiger partial charge in [0.2, 0.25) is 0 Å². The van der Waals surface area contributed by atoms with E-state index in [9.17, 15) is 24.5 Å². The van der Waals surface area contributed by atoms with E-state index in [4.69, 9.17) is 14.2 Å². The minimum absolute atomic E-state index is 0.0980. The second kappa shape index (κ2) is 11.1. The van der Waals surface area contributed by atoms with Crippen molar-refractivity contribution in [2.24, 2.45) is 0 Å². The number of benzene rings is 2. The van der Waals surface area contributed by atoms with E-state index in [-0.39, 0.29) is 30.9 Å². The molecule has 0 fully saturated rings. The molecule has 0 spiro atoms. The SMILES string of the molecule is CN(C(=O)Oc1ccc([N+](=O)[O-])cc1)c1ccccc1COC(=O)CCC(=O)OC(C)(C)C. The van der Waals surface area contributed by atoms with E-state index in [2.05, 4.69) is 0 Å². The lowest BCUT2D eigenvalue weighted by molar-refractivity contribution is -0.384. The zero-order valence-corrected chi connectivity index (χ0v) is 18.9. The Labute approximate surface area is 191 Å². The second-order valence-corrected chi connectivity index (χ2v) is 8.05. The Morgan fingerprint density at radius 2 is 1.58 bits per heavy atom. The molecule has 10 nitrogen and oxygen atoms in total. The predicted octanol–water partition coefficient (Wildman–Crippen LogP) is 4.40. The van der Waals surface area contributed by atoms with E-state index < -0.39 is 28.6 Å². The second-order valence-electron chi connectivity index (χ2n) is 8.05. The van der Waals surface area contributed by atoms with Crippen molar-refractivity contribution < 1.29 is 33.5 Å². The molecule has 0 radical (unpaired) electrons. The van der Waals surface area contributed by atoms with Crippen molar-refractivity contribution in [1.29, 1.82) is 0 Å². The lowest BCUT2D eigenvalue weighted by Crippen LogP contribution is -2.30. The Hall–Kier alpha value is -3.95. The lowest BCUT2D eigenvalue weighted by Gasteiger charge is -2.20. The molecule has 0 saturated heterocycles. The monoisotopic (exact) mass is 458 g/mol. The fourth-order valence-corrected chi connectivity index (χ4v) is 2.69. The number of para-hydroxylation sites is 1. The zero-order chi connectivity index (χ0) is 24.6. The van der Waals surface area contributed by atoms with Gasteiger partial charge in [-0.15, -0.1) is 0 Å². The number of esters is 2. The van der Waals surface area contributed by atoms with E-state index in [1.54, 1.807) is 45.0 Å². The molecule has 1 amide bonds. The minimum atomic E-state index is -0.729. The number of nitrogens with zero attached hydrogens (tertiary/aromatic N) is 2. The highest BCUT2D eigenvalue weighted by molar-refractivity contribution is 5.89. The third-order valence-electron chi connectivity index (χ3n) is 4.22. The van der Waals surface area contributed by atoms with Gasteiger partial charge in [-0.3, -0.25) is 24.6 Å². The summed E-state index contributed by atoms with van der Waals surface area (Å²) in [5.74, 6) is -0.927. The van der Waals surface area contributed by atoms with Crippen molar-refractivity contribution in [3.05, 3.63) is 64.2 Å². The number of non-ortho nitro benzene ring substituents is 1. The maximum atomic E-state index is 12.5. The Morgan fingerprint density at radius 3 is 2.18 bits per heavy atom. The summed E-state index contributed by atoms with van der Waals surface area (Å²) >= 11 is 0. The van der Waals surface area contributed by atoms with Crippen molar-refractivity contribution in [3.8, 4) is 5.75 Å². The average Bonchev–Trinajstić information content (AvgIpc) is 2.75. The van der Waals surface area contributed by atoms with Crippen LogP contribution in [0.1, 0.15) is 39.2 Å². The van der Waals surface area contributed by atoms with Gasteiger partial charge in [-0.25, -0.2) is 4.79 Å². The molecule has 0 N–H and O–H groups in total. The Kier molecular flexibility index (Phi) is 8.49. The predicted molar refractivity (Wildman–Crippen MR) is 119 cm³/mol. The summed E-state index contributed by atoms with van der Waals surface area (Å²) in [7, 11) is 1.48. The smallest absolute Gasteiger partial charge is 0.419 e. The number of hydrogen-bond acceptors (Lipinski definition) is 8. The van der Waals surface area contributed by atoms with E-state index in [1.807, 2.05) is 0 Å². The summed E-state index contributed by atoms with van der Waals surface area (Å²) in [6, 6.07) is 11.9. The summed E-state index contributed by atoms with van der Waals surface area (Å²) in [5, 5.41) is 10.7. The van der Waals surface area contributed by atoms with Gasteiger partial charge in [0.15, 0.2) is 0 Å². The molecule has 0 heterocycles. The van der Waals surface area contributed by atoms with Crippen molar-refractivity contribution in [2.45, 2.75) is 45.8 Å². The molecule has 0 aliphatic heterocycles. The molecule has 176 valence electrons. The van der Waals surface area contributed by atoms with Crippen molar-refractivity contribution >= 4 is 29.4 Å². The van der Waals surface area contributed by atoms with Gasteiger partial charge in [0.05, 0.1) is 23.5 Å². The van der Waals surface area contributed by atoms with Crippen molar-refractivity contribution in [3.63, 3.8) is 0 Å². The van der Waals surface area contributed by atoms with Crippen LogP contribution in [0, 0.1) is 10.1 Å². The first-order chi connectivity index (χ1) is 15.5. The molecule has 0 aliphatic rings. The maximum absolute atomic E-state index is 12.5. The van der Waals surface area contributed by atoms with E-state index in [0.29, 0.717) is 11.3 Å². The van der Waals surface area contributed by atoms with Gasteiger partial charge < -0.3 is 14.2 Å². The fourth-order valence-electron chi connectivity index (χ4n) is 2.69. The van der Waals surface area contributed by atoms with Crippen molar-refractivity contribution in [2.75, 3.05) is 11.9 Å². The Morgan fingerprint density at radius 1 is 0.970 bits per heavy atom. The van der Waals surface area contributed by atoms with Crippen LogP contribution < -0.4 is 9.64 Å². The zero-order valence-electron chi connectivity index (χ0n) is 18.9. The molecule has 0 unspecified atom stereocenters.